The van der Waals surface area contributed by atoms with Gasteiger partial charge < -0.3 is 20.9 Å². The Balaban J connectivity index is 1.19. The molecule has 3 amide bonds. The van der Waals surface area contributed by atoms with Crippen LogP contribution in [0.15, 0.2) is 42.7 Å². The first-order valence-corrected chi connectivity index (χ1v) is 10.4. The van der Waals surface area contributed by atoms with Crippen LogP contribution < -0.4 is 20.9 Å². The third kappa shape index (κ3) is 5.66. The van der Waals surface area contributed by atoms with E-state index in [0.29, 0.717) is 23.8 Å². The van der Waals surface area contributed by atoms with Crippen molar-refractivity contribution in [3.8, 4) is 0 Å². The molecule has 9 heteroatoms. The summed E-state index contributed by atoms with van der Waals surface area (Å²) in [7, 11) is 0. The van der Waals surface area contributed by atoms with Crippen molar-refractivity contribution in [2.24, 2.45) is 0 Å². The average Bonchev–Trinajstić information content (AvgIpc) is 3.59. The van der Waals surface area contributed by atoms with Crippen LogP contribution >= 0.6 is 0 Å². The Bertz CT molecular complexity index is 865. The van der Waals surface area contributed by atoms with Crippen molar-refractivity contribution in [3.63, 3.8) is 0 Å². The minimum absolute atomic E-state index is 0.141. The van der Waals surface area contributed by atoms with E-state index in [2.05, 4.69) is 35.7 Å². The molecule has 3 N–H and O–H groups in total. The van der Waals surface area contributed by atoms with Crippen LogP contribution in [0.1, 0.15) is 23.2 Å². The first kappa shape index (κ1) is 20.1. The number of anilines is 2. The molecular weight excluding hydrogens is 382 g/mol. The lowest BCUT2D eigenvalue weighted by atomic mass is 10.2. The fourth-order valence-corrected chi connectivity index (χ4v) is 3.37. The topological polar surface area (TPSA) is 102 Å². The highest BCUT2D eigenvalue weighted by Crippen LogP contribution is 2.19. The van der Waals surface area contributed by atoms with Gasteiger partial charge >= 0.3 is 6.03 Å². The number of carbonyl (C=O) groups is 2. The zero-order chi connectivity index (χ0) is 20.8. The summed E-state index contributed by atoms with van der Waals surface area (Å²) in [6.07, 6.45) is 5.58. The van der Waals surface area contributed by atoms with E-state index in [1.807, 2.05) is 6.07 Å². The first-order valence-electron chi connectivity index (χ1n) is 10.4. The van der Waals surface area contributed by atoms with Gasteiger partial charge in [-0.2, -0.15) is 0 Å². The molecule has 0 spiro atoms. The molecule has 1 saturated heterocycles. The molecule has 1 aliphatic heterocycles. The van der Waals surface area contributed by atoms with Crippen molar-refractivity contribution >= 4 is 23.6 Å². The van der Waals surface area contributed by atoms with Crippen LogP contribution in [0.3, 0.4) is 0 Å². The van der Waals surface area contributed by atoms with Crippen LogP contribution in [0, 0.1) is 0 Å². The summed E-state index contributed by atoms with van der Waals surface area (Å²) in [6, 6.07) is 8.87. The van der Waals surface area contributed by atoms with Gasteiger partial charge in [-0.25, -0.2) is 14.8 Å². The fraction of sp³-hybridized carbons (Fsp3) is 0.429. The largest absolute Gasteiger partial charge is 0.351 e. The summed E-state index contributed by atoms with van der Waals surface area (Å²) >= 11 is 0. The molecule has 30 heavy (non-hydrogen) atoms. The molecule has 9 nitrogen and oxygen atoms in total. The second kappa shape index (κ2) is 9.53. The predicted octanol–water partition coefficient (Wildman–Crippen LogP) is 1.31. The maximum Gasteiger partial charge on any atom is 0.319 e. The van der Waals surface area contributed by atoms with Gasteiger partial charge in [-0.1, -0.05) is 6.07 Å². The Labute approximate surface area is 175 Å². The number of piperazine rings is 1. The summed E-state index contributed by atoms with van der Waals surface area (Å²) in [6.45, 7) is 4.91. The number of nitrogens with zero attached hydrogens (tertiary/aromatic N) is 4. The van der Waals surface area contributed by atoms with E-state index in [1.165, 1.54) is 0 Å². The third-order valence-corrected chi connectivity index (χ3v) is 5.22. The molecular formula is C21H27N7O2. The molecule has 2 fully saturated rings. The van der Waals surface area contributed by atoms with Gasteiger partial charge in [-0.05, 0) is 37.1 Å². The standard InChI is InChI=1S/C21H27N7O2/c29-19(16-3-1-4-18(15-16)26-21(30)25-17-5-6-17)22-9-10-27-11-13-28(14-12-27)20-23-7-2-8-24-20/h1-4,7-8,15,17H,5-6,9-14H2,(H,22,29)(H2,25,26,30). The number of benzene rings is 1. The van der Waals surface area contributed by atoms with E-state index in [-0.39, 0.29) is 11.9 Å². The van der Waals surface area contributed by atoms with E-state index >= 15 is 0 Å². The smallest absolute Gasteiger partial charge is 0.319 e. The molecule has 1 saturated carbocycles. The molecule has 0 bridgehead atoms. The third-order valence-electron chi connectivity index (χ3n) is 5.22. The van der Waals surface area contributed by atoms with Gasteiger partial charge in [0.05, 0.1) is 0 Å². The van der Waals surface area contributed by atoms with E-state index in [0.717, 1.165) is 51.5 Å². The molecule has 0 radical (unpaired) electrons. The molecule has 1 aromatic carbocycles. The van der Waals surface area contributed by atoms with Crippen LogP contribution in [0.5, 0.6) is 0 Å². The van der Waals surface area contributed by atoms with Crippen LogP contribution in [0.25, 0.3) is 0 Å². The number of rotatable bonds is 7. The summed E-state index contributed by atoms with van der Waals surface area (Å²) in [4.78, 5) is 37.4. The lowest BCUT2D eigenvalue weighted by Gasteiger charge is -2.34. The fourth-order valence-electron chi connectivity index (χ4n) is 3.37. The second-order valence-corrected chi connectivity index (χ2v) is 7.59. The minimum Gasteiger partial charge on any atom is -0.351 e. The van der Waals surface area contributed by atoms with E-state index in [9.17, 15) is 9.59 Å². The Morgan fingerprint density at radius 2 is 1.80 bits per heavy atom. The van der Waals surface area contributed by atoms with Crippen molar-refractivity contribution < 1.29 is 9.59 Å². The lowest BCUT2D eigenvalue weighted by Crippen LogP contribution is -2.49. The molecule has 1 aliphatic carbocycles. The van der Waals surface area contributed by atoms with Gasteiger partial charge in [0.2, 0.25) is 5.95 Å². The van der Waals surface area contributed by atoms with Crippen LogP contribution in [-0.2, 0) is 0 Å². The Morgan fingerprint density at radius 1 is 1.03 bits per heavy atom. The number of nitrogens with one attached hydrogen (secondary N) is 3. The number of urea groups is 1. The quantitative estimate of drug-likeness (QED) is 0.637. The molecule has 158 valence electrons. The average molecular weight is 409 g/mol. The second-order valence-electron chi connectivity index (χ2n) is 7.59. The molecule has 2 aliphatic rings. The predicted molar refractivity (Wildman–Crippen MR) is 115 cm³/mol. The number of carbonyl (C=O) groups excluding carboxylic acids is 2. The van der Waals surface area contributed by atoms with Crippen LogP contribution in [0.4, 0.5) is 16.4 Å². The van der Waals surface area contributed by atoms with Crippen molar-refractivity contribution in [2.75, 3.05) is 49.5 Å². The highest BCUT2D eigenvalue weighted by molar-refractivity contribution is 5.96. The molecule has 2 heterocycles. The van der Waals surface area contributed by atoms with Crippen molar-refractivity contribution in [2.45, 2.75) is 18.9 Å². The number of aromatic nitrogens is 2. The molecule has 1 aromatic heterocycles. The normalized spacial score (nSPS) is 16.7. The summed E-state index contributed by atoms with van der Waals surface area (Å²) in [5.41, 5.74) is 1.14. The van der Waals surface area contributed by atoms with Crippen molar-refractivity contribution in [3.05, 3.63) is 48.3 Å². The summed E-state index contributed by atoms with van der Waals surface area (Å²) in [5.74, 6) is 0.627. The minimum atomic E-state index is -0.227. The van der Waals surface area contributed by atoms with Crippen molar-refractivity contribution in [1.82, 2.24) is 25.5 Å². The first-order chi connectivity index (χ1) is 14.7. The van der Waals surface area contributed by atoms with Crippen LogP contribution in [0.2, 0.25) is 0 Å². The molecule has 2 aromatic rings. The maximum absolute atomic E-state index is 12.5. The van der Waals surface area contributed by atoms with Gasteiger partial charge in [0.15, 0.2) is 0 Å². The van der Waals surface area contributed by atoms with E-state index in [1.54, 1.807) is 36.7 Å². The van der Waals surface area contributed by atoms with Crippen molar-refractivity contribution in [1.29, 1.82) is 0 Å². The monoisotopic (exact) mass is 409 g/mol. The van der Waals surface area contributed by atoms with Gasteiger partial charge in [0.1, 0.15) is 0 Å². The SMILES string of the molecule is O=C(Nc1cccc(C(=O)NCCN2CCN(c3ncccn3)CC2)c1)NC1CC1. The number of hydrogen-bond acceptors (Lipinski definition) is 6. The van der Waals surface area contributed by atoms with Crippen LogP contribution in [-0.4, -0.2) is 72.1 Å². The zero-order valence-electron chi connectivity index (χ0n) is 16.9. The number of amides is 3. The van der Waals surface area contributed by atoms with Gasteiger partial charge in [0.25, 0.3) is 5.91 Å². The summed E-state index contributed by atoms with van der Waals surface area (Å²) in [5, 5.41) is 8.61. The highest BCUT2D eigenvalue weighted by Gasteiger charge is 2.23. The van der Waals surface area contributed by atoms with E-state index < -0.39 is 0 Å². The Kier molecular flexibility index (Phi) is 6.38. The summed E-state index contributed by atoms with van der Waals surface area (Å²) < 4.78 is 0. The highest BCUT2D eigenvalue weighted by atomic mass is 16.2. The molecule has 4 rings (SSSR count). The van der Waals surface area contributed by atoms with E-state index in [4.69, 9.17) is 0 Å². The lowest BCUT2D eigenvalue weighted by molar-refractivity contribution is 0.0947. The number of hydrogen-bond donors (Lipinski definition) is 3. The Hall–Kier alpha value is -3.20. The van der Waals surface area contributed by atoms with Gasteiger partial charge in [0, 0.05) is 69.0 Å². The Morgan fingerprint density at radius 3 is 2.53 bits per heavy atom. The van der Waals surface area contributed by atoms with Gasteiger partial charge in [-0.3, -0.25) is 9.69 Å². The molecule has 0 unspecified atom stereocenters. The maximum atomic E-state index is 12.5. The van der Waals surface area contributed by atoms with Gasteiger partial charge in [-0.15, -0.1) is 0 Å². The molecule has 0 atom stereocenters. The zero-order valence-corrected chi connectivity index (χ0v) is 16.9.